The summed E-state index contributed by atoms with van der Waals surface area (Å²) in [5, 5.41) is 13.3. The lowest BCUT2D eigenvalue weighted by Gasteiger charge is -2.23. The molecule has 0 saturated heterocycles. The van der Waals surface area contributed by atoms with Crippen molar-refractivity contribution >= 4 is 0 Å². The lowest BCUT2D eigenvalue weighted by molar-refractivity contribution is 0.142. The van der Waals surface area contributed by atoms with Crippen molar-refractivity contribution in [3.63, 3.8) is 0 Å². The average molecular weight is 242 g/mol. The van der Waals surface area contributed by atoms with Gasteiger partial charge in [-0.15, -0.1) is 0 Å². The van der Waals surface area contributed by atoms with E-state index in [-0.39, 0.29) is 6.10 Å². The van der Waals surface area contributed by atoms with Gasteiger partial charge < -0.3 is 15.3 Å². The van der Waals surface area contributed by atoms with Crippen molar-refractivity contribution in [1.82, 2.24) is 10.2 Å². The molecule has 0 amide bonds. The van der Waals surface area contributed by atoms with Crippen molar-refractivity contribution in [2.75, 3.05) is 19.6 Å². The van der Waals surface area contributed by atoms with E-state index >= 15 is 0 Å². The summed E-state index contributed by atoms with van der Waals surface area (Å²) in [7, 11) is 0. The normalized spacial score (nSPS) is 26.6. The summed E-state index contributed by atoms with van der Waals surface area (Å²) in [5.41, 5.74) is 0. The van der Waals surface area contributed by atoms with E-state index in [1.165, 1.54) is 25.8 Å². The highest BCUT2D eigenvalue weighted by molar-refractivity contribution is 4.84. The molecule has 1 saturated carbocycles. The predicted octanol–water partition coefficient (Wildman–Crippen LogP) is 2.00. The molecule has 0 bridgehead atoms. The second-order valence-corrected chi connectivity index (χ2v) is 5.34. The first-order valence-corrected chi connectivity index (χ1v) is 7.33. The molecule has 3 nitrogen and oxygen atoms in total. The molecule has 2 N–H and O–H groups in total. The minimum absolute atomic E-state index is 0.111. The van der Waals surface area contributed by atoms with Gasteiger partial charge in [-0.1, -0.05) is 13.8 Å². The van der Waals surface area contributed by atoms with Crippen LogP contribution in [0.4, 0.5) is 0 Å². The molecular weight excluding hydrogens is 212 g/mol. The third kappa shape index (κ3) is 5.36. The molecule has 1 rings (SSSR count). The molecule has 3 atom stereocenters. The zero-order valence-corrected chi connectivity index (χ0v) is 11.8. The maximum absolute atomic E-state index is 9.76. The van der Waals surface area contributed by atoms with Crippen molar-refractivity contribution in [3.05, 3.63) is 0 Å². The molecular formula is C14H30N2O. The molecule has 3 heteroatoms. The van der Waals surface area contributed by atoms with Gasteiger partial charge in [-0.2, -0.15) is 0 Å². The molecule has 17 heavy (non-hydrogen) atoms. The summed E-state index contributed by atoms with van der Waals surface area (Å²) in [6, 6.07) is 0.877. The van der Waals surface area contributed by atoms with E-state index in [1.807, 2.05) is 0 Å². The molecule has 0 spiro atoms. The molecule has 0 aliphatic heterocycles. The first-order valence-electron chi connectivity index (χ1n) is 7.33. The fourth-order valence-electron chi connectivity index (χ4n) is 2.74. The Morgan fingerprint density at radius 3 is 2.53 bits per heavy atom. The van der Waals surface area contributed by atoms with Crippen LogP contribution in [-0.2, 0) is 0 Å². The van der Waals surface area contributed by atoms with E-state index in [2.05, 4.69) is 31.0 Å². The zero-order valence-electron chi connectivity index (χ0n) is 11.8. The van der Waals surface area contributed by atoms with E-state index in [9.17, 15) is 5.11 Å². The van der Waals surface area contributed by atoms with Crippen LogP contribution >= 0.6 is 0 Å². The number of nitrogens with zero attached hydrogens (tertiary/aromatic N) is 1. The van der Waals surface area contributed by atoms with Gasteiger partial charge in [0, 0.05) is 12.1 Å². The van der Waals surface area contributed by atoms with E-state index < -0.39 is 0 Å². The van der Waals surface area contributed by atoms with Crippen LogP contribution in [0.5, 0.6) is 0 Å². The van der Waals surface area contributed by atoms with E-state index in [1.54, 1.807) is 0 Å². The number of rotatable bonds is 8. The Hall–Kier alpha value is -0.120. The SMILES string of the molecule is CCN(CC)CCCC(C)N[C@H]1CCC[C@@H]1O. The summed E-state index contributed by atoms with van der Waals surface area (Å²) >= 11 is 0. The van der Waals surface area contributed by atoms with Crippen LogP contribution in [0.2, 0.25) is 0 Å². The minimum atomic E-state index is -0.111. The van der Waals surface area contributed by atoms with Gasteiger partial charge in [-0.3, -0.25) is 0 Å². The van der Waals surface area contributed by atoms with Gasteiger partial charge in [-0.05, 0) is 58.7 Å². The van der Waals surface area contributed by atoms with Crippen molar-refractivity contribution in [2.45, 2.75) is 71.1 Å². The summed E-state index contributed by atoms with van der Waals surface area (Å²) in [6.45, 7) is 10.2. The molecule has 0 heterocycles. The van der Waals surface area contributed by atoms with Crippen molar-refractivity contribution in [3.8, 4) is 0 Å². The van der Waals surface area contributed by atoms with Gasteiger partial charge >= 0.3 is 0 Å². The lowest BCUT2D eigenvalue weighted by atomic mass is 10.1. The Kier molecular flexibility index (Phi) is 7.09. The Morgan fingerprint density at radius 1 is 1.29 bits per heavy atom. The van der Waals surface area contributed by atoms with Crippen LogP contribution in [0, 0.1) is 0 Å². The molecule has 0 aromatic carbocycles. The van der Waals surface area contributed by atoms with Crippen LogP contribution < -0.4 is 5.32 Å². The Morgan fingerprint density at radius 2 is 2.00 bits per heavy atom. The third-order valence-electron chi connectivity index (χ3n) is 3.98. The molecule has 0 aromatic heterocycles. The molecule has 1 fully saturated rings. The maximum atomic E-state index is 9.76. The summed E-state index contributed by atoms with van der Waals surface area (Å²) in [5.74, 6) is 0. The van der Waals surface area contributed by atoms with Crippen molar-refractivity contribution in [1.29, 1.82) is 0 Å². The Balaban J connectivity index is 2.10. The zero-order chi connectivity index (χ0) is 12.7. The number of nitrogens with one attached hydrogen (secondary N) is 1. The summed E-state index contributed by atoms with van der Waals surface area (Å²) in [6.07, 6.45) is 5.63. The van der Waals surface area contributed by atoms with Gasteiger partial charge in [0.15, 0.2) is 0 Å². The second kappa shape index (κ2) is 8.06. The van der Waals surface area contributed by atoms with E-state index in [0.29, 0.717) is 12.1 Å². The molecule has 1 aliphatic rings. The van der Waals surface area contributed by atoms with Crippen molar-refractivity contribution in [2.24, 2.45) is 0 Å². The van der Waals surface area contributed by atoms with Crippen molar-refractivity contribution < 1.29 is 5.11 Å². The fourth-order valence-corrected chi connectivity index (χ4v) is 2.74. The highest BCUT2D eigenvalue weighted by Gasteiger charge is 2.25. The molecule has 1 aliphatic carbocycles. The monoisotopic (exact) mass is 242 g/mol. The Bertz CT molecular complexity index is 195. The van der Waals surface area contributed by atoms with Crippen LogP contribution in [0.25, 0.3) is 0 Å². The summed E-state index contributed by atoms with van der Waals surface area (Å²) in [4.78, 5) is 2.47. The predicted molar refractivity (Wildman–Crippen MR) is 73.3 cm³/mol. The van der Waals surface area contributed by atoms with Crippen LogP contribution in [-0.4, -0.2) is 47.8 Å². The van der Waals surface area contributed by atoms with E-state index in [4.69, 9.17) is 0 Å². The molecule has 0 radical (unpaired) electrons. The lowest BCUT2D eigenvalue weighted by Crippen LogP contribution is -2.41. The number of hydrogen-bond donors (Lipinski definition) is 2. The first-order chi connectivity index (χ1) is 8.17. The average Bonchev–Trinajstić information content (AvgIpc) is 2.71. The molecule has 1 unspecified atom stereocenters. The quantitative estimate of drug-likeness (QED) is 0.683. The molecule has 102 valence electrons. The van der Waals surface area contributed by atoms with Gasteiger partial charge in [0.1, 0.15) is 0 Å². The topological polar surface area (TPSA) is 35.5 Å². The van der Waals surface area contributed by atoms with Gasteiger partial charge in [0.2, 0.25) is 0 Å². The van der Waals surface area contributed by atoms with Crippen LogP contribution in [0.15, 0.2) is 0 Å². The smallest absolute Gasteiger partial charge is 0.0693 e. The highest BCUT2D eigenvalue weighted by atomic mass is 16.3. The largest absolute Gasteiger partial charge is 0.392 e. The standard InChI is InChI=1S/C14H30N2O/c1-4-16(5-2)11-7-8-12(3)15-13-9-6-10-14(13)17/h12-15,17H,4-11H2,1-3H3/t12?,13-,14-/m0/s1. The third-order valence-corrected chi connectivity index (χ3v) is 3.98. The summed E-state index contributed by atoms with van der Waals surface area (Å²) < 4.78 is 0. The van der Waals surface area contributed by atoms with Gasteiger partial charge in [0.05, 0.1) is 6.10 Å². The van der Waals surface area contributed by atoms with Crippen LogP contribution in [0.1, 0.15) is 52.9 Å². The minimum Gasteiger partial charge on any atom is -0.392 e. The highest BCUT2D eigenvalue weighted by Crippen LogP contribution is 2.19. The van der Waals surface area contributed by atoms with Gasteiger partial charge in [-0.25, -0.2) is 0 Å². The number of aliphatic hydroxyl groups is 1. The van der Waals surface area contributed by atoms with Gasteiger partial charge in [0.25, 0.3) is 0 Å². The maximum Gasteiger partial charge on any atom is 0.0693 e. The fraction of sp³-hybridized carbons (Fsp3) is 1.00. The molecule has 0 aromatic rings. The van der Waals surface area contributed by atoms with Crippen LogP contribution in [0.3, 0.4) is 0 Å². The number of hydrogen-bond acceptors (Lipinski definition) is 3. The Labute approximate surface area is 107 Å². The second-order valence-electron chi connectivity index (χ2n) is 5.34. The van der Waals surface area contributed by atoms with E-state index in [0.717, 1.165) is 25.9 Å². The number of aliphatic hydroxyl groups excluding tert-OH is 1. The first kappa shape index (κ1) is 14.9.